The Hall–Kier alpha value is -3.15. The predicted molar refractivity (Wildman–Crippen MR) is 91.8 cm³/mol. The average Bonchev–Trinajstić information content (AvgIpc) is 2.97. The lowest BCUT2D eigenvalue weighted by atomic mass is 10.1. The third-order valence-electron chi connectivity index (χ3n) is 3.91. The SMILES string of the molecule is O=C(CC(=O)N1C(=O)OC[C@@H]1Cc1ccccc1)Nc1ccccc1. The molecule has 6 nitrogen and oxygen atoms in total. The van der Waals surface area contributed by atoms with Crippen LogP contribution >= 0.6 is 0 Å². The minimum atomic E-state index is -0.696. The number of nitrogens with one attached hydrogen (secondary N) is 1. The van der Waals surface area contributed by atoms with Gasteiger partial charge in [0.15, 0.2) is 0 Å². The van der Waals surface area contributed by atoms with Gasteiger partial charge in [0.1, 0.15) is 13.0 Å². The zero-order valence-corrected chi connectivity index (χ0v) is 13.6. The number of benzene rings is 2. The van der Waals surface area contributed by atoms with Crippen molar-refractivity contribution in [2.75, 3.05) is 11.9 Å². The topological polar surface area (TPSA) is 75.7 Å². The molecule has 0 spiro atoms. The van der Waals surface area contributed by atoms with Crippen molar-refractivity contribution in [3.05, 3.63) is 66.2 Å². The van der Waals surface area contributed by atoms with Crippen LogP contribution in [0.1, 0.15) is 12.0 Å². The second kappa shape index (κ2) is 7.61. The number of imide groups is 1. The van der Waals surface area contributed by atoms with Crippen LogP contribution in [0, 0.1) is 0 Å². The first-order valence-corrected chi connectivity index (χ1v) is 8.01. The Labute approximate surface area is 145 Å². The highest BCUT2D eigenvalue weighted by Crippen LogP contribution is 2.18. The van der Waals surface area contributed by atoms with Crippen LogP contribution in [0.5, 0.6) is 0 Å². The Morgan fingerprint density at radius 3 is 2.36 bits per heavy atom. The summed E-state index contributed by atoms with van der Waals surface area (Å²) in [6, 6.07) is 18.0. The fraction of sp³-hybridized carbons (Fsp3) is 0.211. The van der Waals surface area contributed by atoms with Gasteiger partial charge in [0.05, 0.1) is 6.04 Å². The van der Waals surface area contributed by atoms with Crippen molar-refractivity contribution < 1.29 is 19.1 Å². The van der Waals surface area contributed by atoms with E-state index in [1.807, 2.05) is 36.4 Å². The summed E-state index contributed by atoms with van der Waals surface area (Å²) in [6.07, 6.45) is -0.605. The summed E-state index contributed by atoms with van der Waals surface area (Å²) >= 11 is 0. The number of amides is 3. The molecular weight excluding hydrogens is 320 g/mol. The van der Waals surface area contributed by atoms with Crippen LogP contribution < -0.4 is 5.32 Å². The van der Waals surface area contributed by atoms with Gasteiger partial charge in [-0.05, 0) is 24.1 Å². The van der Waals surface area contributed by atoms with Crippen molar-refractivity contribution in [2.45, 2.75) is 18.9 Å². The molecule has 0 saturated carbocycles. The van der Waals surface area contributed by atoms with Crippen molar-refractivity contribution >= 4 is 23.6 Å². The monoisotopic (exact) mass is 338 g/mol. The molecule has 1 saturated heterocycles. The molecule has 1 fully saturated rings. The maximum Gasteiger partial charge on any atom is 0.416 e. The van der Waals surface area contributed by atoms with Gasteiger partial charge in [0, 0.05) is 5.69 Å². The molecule has 3 rings (SSSR count). The third kappa shape index (κ3) is 4.23. The van der Waals surface area contributed by atoms with E-state index >= 15 is 0 Å². The van der Waals surface area contributed by atoms with E-state index in [0.29, 0.717) is 12.1 Å². The largest absolute Gasteiger partial charge is 0.447 e. The van der Waals surface area contributed by atoms with Gasteiger partial charge in [-0.25, -0.2) is 9.69 Å². The number of hydrogen-bond acceptors (Lipinski definition) is 4. The van der Waals surface area contributed by atoms with Crippen molar-refractivity contribution in [1.29, 1.82) is 0 Å². The van der Waals surface area contributed by atoms with Crippen molar-refractivity contribution in [3.8, 4) is 0 Å². The lowest BCUT2D eigenvalue weighted by Gasteiger charge is -2.19. The van der Waals surface area contributed by atoms with Gasteiger partial charge in [-0.3, -0.25) is 9.59 Å². The number of nitrogens with zero attached hydrogens (tertiary/aromatic N) is 1. The van der Waals surface area contributed by atoms with Gasteiger partial charge in [0.25, 0.3) is 0 Å². The second-order valence-corrected chi connectivity index (χ2v) is 5.78. The van der Waals surface area contributed by atoms with E-state index in [0.717, 1.165) is 10.5 Å². The maximum absolute atomic E-state index is 12.4. The zero-order valence-electron chi connectivity index (χ0n) is 13.6. The van der Waals surface area contributed by atoms with Crippen molar-refractivity contribution in [1.82, 2.24) is 4.90 Å². The predicted octanol–water partition coefficient (Wildman–Crippen LogP) is 2.61. The average molecular weight is 338 g/mol. The van der Waals surface area contributed by atoms with Crippen LogP contribution in [0.2, 0.25) is 0 Å². The van der Waals surface area contributed by atoms with Gasteiger partial charge in [0.2, 0.25) is 11.8 Å². The summed E-state index contributed by atoms with van der Waals surface area (Å²) in [7, 11) is 0. The summed E-state index contributed by atoms with van der Waals surface area (Å²) in [5, 5.41) is 2.64. The number of cyclic esters (lactones) is 1. The number of carbonyl (C=O) groups is 3. The first-order chi connectivity index (χ1) is 12.1. The normalized spacial score (nSPS) is 16.4. The molecule has 0 aromatic heterocycles. The van der Waals surface area contributed by atoms with E-state index in [2.05, 4.69) is 5.32 Å². The third-order valence-corrected chi connectivity index (χ3v) is 3.91. The highest BCUT2D eigenvalue weighted by atomic mass is 16.6. The molecule has 1 aliphatic rings. The van der Waals surface area contributed by atoms with Gasteiger partial charge < -0.3 is 10.1 Å². The molecule has 1 atom stereocenters. The highest BCUT2D eigenvalue weighted by molar-refractivity contribution is 6.07. The summed E-state index contributed by atoms with van der Waals surface area (Å²) < 4.78 is 5.01. The van der Waals surface area contributed by atoms with E-state index < -0.39 is 30.4 Å². The molecule has 0 aliphatic carbocycles. The quantitative estimate of drug-likeness (QED) is 0.850. The molecule has 0 unspecified atom stereocenters. The lowest BCUT2D eigenvalue weighted by molar-refractivity contribution is -0.132. The van der Waals surface area contributed by atoms with Crippen LogP contribution in [-0.2, 0) is 20.7 Å². The molecule has 1 aliphatic heterocycles. The maximum atomic E-state index is 12.4. The van der Waals surface area contributed by atoms with Gasteiger partial charge in [-0.2, -0.15) is 0 Å². The van der Waals surface area contributed by atoms with Gasteiger partial charge >= 0.3 is 6.09 Å². The lowest BCUT2D eigenvalue weighted by Crippen LogP contribution is -2.41. The number of para-hydroxylation sites is 1. The molecule has 3 amide bonds. The van der Waals surface area contributed by atoms with Crippen molar-refractivity contribution in [3.63, 3.8) is 0 Å². The molecule has 0 radical (unpaired) electrons. The first kappa shape index (κ1) is 16.7. The standard InChI is InChI=1S/C19H18N2O4/c22-17(20-15-9-5-2-6-10-15)12-18(23)21-16(13-25-19(21)24)11-14-7-3-1-4-8-14/h1-10,16H,11-13H2,(H,20,22)/t16-/m0/s1. The first-order valence-electron chi connectivity index (χ1n) is 8.01. The number of anilines is 1. The Morgan fingerprint density at radius 1 is 1.04 bits per heavy atom. The van der Waals surface area contributed by atoms with E-state index in [4.69, 9.17) is 4.74 Å². The Kier molecular flexibility index (Phi) is 5.09. The smallest absolute Gasteiger partial charge is 0.416 e. The fourth-order valence-corrected chi connectivity index (χ4v) is 2.75. The number of carbonyl (C=O) groups excluding carboxylic acids is 3. The Morgan fingerprint density at radius 2 is 1.68 bits per heavy atom. The molecule has 1 N–H and O–H groups in total. The molecule has 25 heavy (non-hydrogen) atoms. The Balaban J connectivity index is 1.62. The van der Waals surface area contributed by atoms with Crippen molar-refractivity contribution in [2.24, 2.45) is 0 Å². The summed E-state index contributed by atoms with van der Waals surface area (Å²) in [5.41, 5.74) is 1.60. The molecule has 1 heterocycles. The van der Waals surface area contributed by atoms with Gasteiger partial charge in [-0.15, -0.1) is 0 Å². The number of rotatable bonds is 5. The fourth-order valence-electron chi connectivity index (χ4n) is 2.75. The molecule has 2 aromatic carbocycles. The van der Waals surface area contributed by atoms with E-state index in [1.165, 1.54) is 0 Å². The molecule has 6 heteroatoms. The second-order valence-electron chi connectivity index (χ2n) is 5.78. The van der Waals surface area contributed by atoms with Crippen LogP contribution in [0.3, 0.4) is 0 Å². The highest BCUT2D eigenvalue weighted by Gasteiger charge is 2.38. The summed E-state index contributed by atoms with van der Waals surface area (Å²) in [5.74, 6) is -1.02. The van der Waals surface area contributed by atoms with Crippen LogP contribution in [0.15, 0.2) is 60.7 Å². The minimum Gasteiger partial charge on any atom is -0.447 e. The van der Waals surface area contributed by atoms with E-state index in [9.17, 15) is 14.4 Å². The summed E-state index contributed by atoms with van der Waals surface area (Å²) in [4.78, 5) is 37.4. The van der Waals surface area contributed by atoms with Crippen LogP contribution in [-0.4, -0.2) is 35.5 Å². The number of hydrogen-bond donors (Lipinski definition) is 1. The minimum absolute atomic E-state index is 0.139. The molecule has 0 bridgehead atoms. The molecule has 128 valence electrons. The number of ether oxygens (including phenoxy) is 1. The molecular formula is C19H18N2O4. The van der Waals surface area contributed by atoms with Crippen LogP contribution in [0.25, 0.3) is 0 Å². The van der Waals surface area contributed by atoms with E-state index in [-0.39, 0.29) is 6.61 Å². The van der Waals surface area contributed by atoms with Gasteiger partial charge in [-0.1, -0.05) is 48.5 Å². The Bertz CT molecular complexity index is 762. The summed E-state index contributed by atoms with van der Waals surface area (Å²) in [6.45, 7) is 0.139. The van der Waals surface area contributed by atoms with Crippen LogP contribution in [0.4, 0.5) is 10.5 Å². The zero-order chi connectivity index (χ0) is 17.6. The van der Waals surface area contributed by atoms with E-state index in [1.54, 1.807) is 24.3 Å². The molecule has 2 aromatic rings.